The monoisotopic (exact) mass is 675 g/mol. The van der Waals surface area contributed by atoms with Crippen LogP contribution in [0.3, 0.4) is 0 Å². The van der Waals surface area contributed by atoms with Crippen molar-refractivity contribution in [1.29, 1.82) is 0 Å². The van der Waals surface area contributed by atoms with Gasteiger partial charge in [0.15, 0.2) is 11.5 Å². The van der Waals surface area contributed by atoms with Gasteiger partial charge >= 0.3 is 12.5 Å². The summed E-state index contributed by atoms with van der Waals surface area (Å²) in [5, 5.41) is 21.0. The van der Waals surface area contributed by atoms with Crippen molar-refractivity contribution in [2.45, 2.75) is 62.9 Å². The van der Waals surface area contributed by atoms with Gasteiger partial charge in [-0.25, -0.2) is 24.3 Å². The number of fused-ring (bicyclic) bond motifs is 1. The molecule has 2 saturated heterocycles. The summed E-state index contributed by atoms with van der Waals surface area (Å²) >= 11 is 0.948. The van der Waals surface area contributed by atoms with E-state index >= 15 is 0 Å². The third-order valence-electron chi connectivity index (χ3n) is 8.01. The number of H-pyrrole nitrogens is 1. The molecule has 1 aromatic carbocycles. The number of aromatic nitrogens is 6. The molecule has 5 N–H and O–H groups in total. The van der Waals surface area contributed by atoms with Crippen molar-refractivity contribution in [2.75, 3.05) is 18.9 Å². The first-order valence-electron chi connectivity index (χ1n) is 14.5. The minimum Gasteiger partial charge on any atom is -0.394 e. The molecule has 2 fully saturated rings. The summed E-state index contributed by atoms with van der Waals surface area (Å²) < 4.78 is 41.5. The number of ether oxygens (including phenoxy) is 2. The summed E-state index contributed by atoms with van der Waals surface area (Å²) in [5.41, 5.74) is 7.43. The number of anilines is 1. The zero-order valence-corrected chi connectivity index (χ0v) is 26.6. The maximum Gasteiger partial charge on any atom is 0.389 e. The molecule has 16 nitrogen and oxygen atoms in total. The fourth-order valence-electron chi connectivity index (χ4n) is 5.51. The Morgan fingerprint density at radius 1 is 1.13 bits per heavy atom. The highest BCUT2D eigenvalue weighted by Crippen LogP contribution is 2.64. The summed E-state index contributed by atoms with van der Waals surface area (Å²) in [5.74, 6) is -0.116. The molecule has 5 heterocycles. The molecule has 3 unspecified atom stereocenters. The van der Waals surface area contributed by atoms with E-state index < -0.39 is 67.4 Å². The van der Waals surface area contributed by atoms with Crippen LogP contribution in [0.2, 0.25) is 0 Å². The molecule has 0 aliphatic carbocycles. The van der Waals surface area contributed by atoms with Crippen LogP contribution in [0.15, 0.2) is 58.8 Å². The van der Waals surface area contributed by atoms with Crippen molar-refractivity contribution in [1.82, 2.24) is 29.1 Å². The van der Waals surface area contributed by atoms with E-state index in [1.165, 1.54) is 29.5 Å². The average Bonchev–Trinajstić information content (AvgIpc) is 3.72. The van der Waals surface area contributed by atoms with Crippen LogP contribution in [0.5, 0.6) is 0 Å². The first-order chi connectivity index (χ1) is 22.0. The van der Waals surface area contributed by atoms with Gasteiger partial charge in [-0.2, -0.15) is 0 Å². The lowest BCUT2D eigenvalue weighted by Crippen LogP contribution is -2.34. The fraction of sp³-hybridized carbons (Fsp3) is 0.464. The number of nitrogens with one attached hydrogen (secondary N) is 1. The molecule has 2 aliphatic heterocycles. The zero-order chi connectivity index (χ0) is 32.6. The lowest BCUT2D eigenvalue weighted by Gasteiger charge is -2.27. The molecule has 3 aromatic heterocycles. The van der Waals surface area contributed by atoms with Crippen molar-refractivity contribution in [3.8, 4) is 0 Å². The molecule has 0 spiro atoms. The number of hydrogen-bond acceptors (Lipinski definition) is 14. The highest BCUT2D eigenvalue weighted by molar-refractivity contribution is 8.54. The molecular weight excluding hydrogens is 641 g/mol. The molecule has 6 rings (SSSR count). The van der Waals surface area contributed by atoms with Crippen LogP contribution >= 0.6 is 18.2 Å². The molecule has 0 radical (unpaired) electrons. The Hall–Kier alpha value is -3.41. The number of aliphatic hydroxyl groups is 2. The van der Waals surface area contributed by atoms with Crippen LogP contribution in [0.25, 0.3) is 11.2 Å². The van der Waals surface area contributed by atoms with Gasteiger partial charge in [0.05, 0.1) is 25.6 Å². The largest absolute Gasteiger partial charge is 0.394 e. The molecule has 46 heavy (non-hydrogen) atoms. The van der Waals surface area contributed by atoms with Crippen LogP contribution in [0.1, 0.15) is 36.9 Å². The number of nitrogens with two attached hydrogens (primary N) is 1. The number of aliphatic hydroxyl groups excluding tert-OH is 2. The topological polar surface area (TPSA) is 219 Å². The summed E-state index contributed by atoms with van der Waals surface area (Å²) in [4.78, 5) is 38.7. The van der Waals surface area contributed by atoms with Gasteiger partial charge in [-0.05, 0) is 23.9 Å². The SMILES string of the molecule is Cc1ccc(CSP(=O)(OC[C@H]2O[C@@H](n3cnc4c(N)ncnc43)CC2O)OC2[C@@H](CO)O[C@@H](n3ccc(=O)[nH]c3=O)[C@H]2C)cc1. The highest BCUT2D eigenvalue weighted by atomic mass is 32.7. The second kappa shape index (κ2) is 13.4. The Labute approximate surface area is 266 Å². The van der Waals surface area contributed by atoms with E-state index in [2.05, 4.69) is 19.9 Å². The minimum absolute atomic E-state index is 0.181. The van der Waals surface area contributed by atoms with E-state index in [1.54, 1.807) is 11.5 Å². The Kier molecular flexibility index (Phi) is 9.45. The van der Waals surface area contributed by atoms with E-state index in [0.717, 1.165) is 22.5 Å². The van der Waals surface area contributed by atoms with Crippen LogP contribution in [-0.4, -0.2) is 76.9 Å². The number of nitrogen functional groups attached to an aromatic ring is 1. The molecule has 2 aliphatic rings. The zero-order valence-electron chi connectivity index (χ0n) is 24.9. The molecule has 8 atom stereocenters. The molecular formula is C28H34N7O9PS. The van der Waals surface area contributed by atoms with Gasteiger partial charge in [0.25, 0.3) is 5.56 Å². The number of aryl methyl sites for hydroxylation is 1. The van der Waals surface area contributed by atoms with Crippen molar-refractivity contribution in [2.24, 2.45) is 5.92 Å². The van der Waals surface area contributed by atoms with E-state index in [1.807, 2.05) is 31.2 Å². The van der Waals surface area contributed by atoms with Crippen LogP contribution in [0, 0.1) is 12.8 Å². The van der Waals surface area contributed by atoms with Gasteiger partial charge in [0, 0.05) is 30.4 Å². The van der Waals surface area contributed by atoms with Crippen LogP contribution in [0.4, 0.5) is 5.82 Å². The van der Waals surface area contributed by atoms with Crippen molar-refractivity contribution in [3.05, 3.63) is 81.1 Å². The molecule has 0 saturated carbocycles. The first kappa shape index (κ1) is 32.5. The Morgan fingerprint density at radius 3 is 2.65 bits per heavy atom. The maximum atomic E-state index is 14.4. The number of imidazole rings is 1. The van der Waals surface area contributed by atoms with E-state index in [4.69, 9.17) is 24.3 Å². The standard InChI is InChI=1S/C28H34N7O9PS/c1-15-3-5-17(6-4-15)12-46-45(40,44-24-16(2)27(43-19(24)10-36)34-8-7-21(38)33-28(34)39)41-11-20-18(37)9-22(42-20)35-14-32-23-25(29)30-13-31-26(23)35/h3-8,13-14,16,18-20,22,24,27,36-37H,9-12H2,1-2H3,(H2,29,30,31)(H,33,38,39)/t16-,18?,19+,20+,22+,24?,27+,45?/m0/s1. The molecule has 0 bridgehead atoms. The predicted molar refractivity (Wildman–Crippen MR) is 167 cm³/mol. The smallest absolute Gasteiger partial charge is 0.389 e. The van der Waals surface area contributed by atoms with E-state index in [9.17, 15) is 24.4 Å². The lowest BCUT2D eigenvalue weighted by molar-refractivity contribution is -0.0505. The van der Waals surface area contributed by atoms with Gasteiger partial charge in [0.1, 0.15) is 42.6 Å². The molecule has 4 aromatic rings. The normalized spacial score (nSPS) is 27.7. The highest BCUT2D eigenvalue weighted by Gasteiger charge is 2.48. The Morgan fingerprint density at radius 2 is 1.91 bits per heavy atom. The molecule has 246 valence electrons. The van der Waals surface area contributed by atoms with Gasteiger partial charge < -0.3 is 25.4 Å². The molecule has 0 amide bonds. The van der Waals surface area contributed by atoms with Gasteiger partial charge in [-0.1, -0.05) is 36.8 Å². The van der Waals surface area contributed by atoms with E-state index in [0.29, 0.717) is 11.2 Å². The van der Waals surface area contributed by atoms with Gasteiger partial charge in [-0.3, -0.25) is 28.0 Å². The van der Waals surface area contributed by atoms with E-state index in [-0.39, 0.29) is 24.6 Å². The maximum absolute atomic E-state index is 14.4. The predicted octanol–water partition coefficient (Wildman–Crippen LogP) is 1.88. The summed E-state index contributed by atoms with van der Waals surface area (Å²) in [7, 11) is 0. The quantitative estimate of drug-likeness (QED) is 0.167. The average molecular weight is 676 g/mol. The first-order valence-corrected chi connectivity index (χ1v) is 17.7. The third-order valence-corrected chi connectivity index (χ3v) is 11.7. The second-order valence-electron chi connectivity index (χ2n) is 11.2. The Bertz CT molecular complexity index is 1850. The lowest BCUT2D eigenvalue weighted by atomic mass is 10.0. The van der Waals surface area contributed by atoms with Crippen LogP contribution < -0.4 is 17.0 Å². The number of aromatic amines is 1. The minimum atomic E-state index is -4.04. The second-order valence-corrected chi connectivity index (χ2v) is 15.2. The van der Waals surface area contributed by atoms with Crippen molar-refractivity contribution < 1.29 is 33.3 Å². The van der Waals surface area contributed by atoms with Gasteiger partial charge in [-0.15, -0.1) is 0 Å². The fourth-order valence-corrected chi connectivity index (χ4v) is 8.96. The molecule has 18 heteroatoms. The number of hydrogen-bond donors (Lipinski definition) is 4. The number of benzene rings is 1. The van der Waals surface area contributed by atoms with Crippen LogP contribution in [-0.2, 0) is 28.8 Å². The van der Waals surface area contributed by atoms with Gasteiger partial charge in [0.2, 0.25) is 0 Å². The van der Waals surface area contributed by atoms with Crippen molar-refractivity contribution >= 4 is 35.2 Å². The third kappa shape index (κ3) is 6.68. The Balaban J connectivity index is 1.21. The summed E-state index contributed by atoms with van der Waals surface area (Å²) in [6, 6.07) is 8.86. The summed E-state index contributed by atoms with van der Waals surface area (Å²) in [6.07, 6.45) is -1.07. The van der Waals surface area contributed by atoms with Crippen molar-refractivity contribution in [3.63, 3.8) is 0 Å². The number of nitrogens with zero attached hydrogens (tertiary/aromatic N) is 5. The summed E-state index contributed by atoms with van der Waals surface area (Å²) in [6.45, 7) is -1.14. The number of rotatable bonds is 11.